The molecule has 0 aliphatic carbocycles. The Labute approximate surface area is 122 Å². The molecule has 0 aliphatic rings. The summed E-state index contributed by atoms with van der Waals surface area (Å²) in [4.78, 5) is 16.0. The highest BCUT2D eigenvalue weighted by atomic mass is 19.1. The number of hydrogen-bond acceptors (Lipinski definition) is 2. The second-order valence-electron chi connectivity index (χ2n) is 4.47. The van der Waals surface area contributed by atoms with Gasteiger partial charge in [-0.15, -0.1) is 0 Å². The van der Waals surface area contributed by atoms with Gasteiger partial charge < -0.3 is 0 Å². The molecular weight excluding hydrogens is 269 g/mol. The quantitative estimate of drug-likeness (QED) is 0.487. The first-order valence-electron chi connectivity index (χ1n) is 6.46. The van der Waals surface area contributed by atoms with Crippen molar-refractivity contribution in [3.05, 3.63) is 66.0 Å². The van der Waals surface area contributed by atoms with Gasteiger partial charge in [-0.3, -0.25) is 9.63 Å². The van der Waals surface area contributed by atoms with Gasteiger partial charge in [0, 0.05) is 7.05 Å². The van der Waals surface area contributed by atoms with Crippen molar-refractivity contribution in [2.45, 2.75) is 0 Å². The minimum Gasteiger partial charge on any atom is -0.274 e. The normalized spacial score (nSPS) is 12.0. The molecule has 1 amide bonds. The van der Waals surface area contributed by atoms with Gasteiger partial charge in [0.1, 0.15) is 0 Å². The molecule has 0 atom stereocenters. The predicted octanol–water partition coefficient (Wildman–Crippen LogP) is 3.73. The summed E-state index contributed by atoms with van der Waals surface area (Å²) in [6.07, 6.45) is 4.36. The molecule has 0 saturated heterocycles. The van der Waals surface area contributed by atoms with Crippen LogP contribution < -0.4 is 0 Å². The van der Waals surface area contributed by atoms with E-state index in [0.29, 0.717) is 0 Å². The summed E-state index contributed by atoms with van der Waals surface area (Å²) >= 11 is 0. The van der Waals surface area contributed by atoms with E-state index in [1.165, 1.54) is 20.2 Å². The summed E-state index contributed by atoms with van der Waals surface area (Å²) in [6.45, 7) is 0. The zero-order valence-electron chi connectivity index (χ0n) is 11.9. The molecule has 0 spiro atoms. The van der Waals surface area contributed by atoms with Gasteiger partial charge in [-0.25, -0.2) is 9.45 Å². The Hall–Kier alpha value is -2.46. The number of likely N-dealkylation sites (N-methyl/N-ethyl adjacent to an activating group) is 1. The van der Waals surface area contributed by atoms with E-state index in [-0.39, 0.29) is 0 Å². The SMILES string of the molecule is CON(C)C(=O)/C(F)=C/C=C/c1ccc2ccccc2c1. The smallest absolute Gasteiger partial charge is 0.274 e. The molecule has 2 aromatic carbocycles. The van der Waals surface area contributed by atoms with Crippen LogP contribution in [0.4, 0.5) is 4.39 Å². The molecule has 2 rings (SSSR count). The van der Waals surface area contributed by atoms with E-state index < -0.39 is 11.7 Å². The Morgan fingerprint density at radius 1 is 1.19 bits per heavy atom. The van der Waals surface area contributed by atoms with Crippen LogP contribution in [0.1, 0.15) is 5.56 Å². The molecule has 0 saturated carbocycles. The van der Waals surface area contributed by atoms with Crippen molar-refractivity contribution in [3.63, 3.8) is 0 Å². The lowest BCUT2D eigenvalue weighted by Gasteiger charge is -2.11. The number of carbonyl (C=O) groups is 1. The third kappa shape index (κ3) is 3.77. The highest BCUT2D eigenvalue weighted by Gasteiger charge is 2.12. The Bertz CT molecular complexity index is 707. The summed E-state index contributed by atoms with van der Waals surface area (Å²) in [5.41, 5.74) is 0.935. The summed E-state index contributed by atoms with van der Waals surface area (Å²) < 4.78 is 13.5. The fraction of sp³-hybridized carbons (Fsp3) is 0.118. The number of amides is 1. The number of hydrogen-bond donors (Lipinski definition) is 0. The van der Waals surface area contributed by atoms with Crippen LogP contribution in [-0.4, -0.2) is 25.1 Å². The average Bonchev–Trinajstić information content (AvgIpc) is 2.53. The molecule has 0 heterocycles. The first kappa shape index (κ1) is 14.9. The van der Waals surface area contributed by atoms with E-state index in [0.717, 1.165) is 27.5 Å². The van der Waals surface area contributed by atoms with Crippen LogP contribution in [0.5, 0.6) is 0 Å². The third-order valence-corrected chi connectivity index (χ3v) is 3.07. The highest BCUT2D eigenvalue weighted by molar-refractivity contribution is 5.90. The number of halogens is 1. The van der Waals surface area contributed by atoms with Crippen LogP contribution in [0, 0.1) is 0 Å². The summed E-state index contributed by atoms with van der Waals surface area (Å²) in [7, 11) is 2.65. The molecule has 0 fully saturated rings. The molecule has 0 N–H and O–H groups in total. The Morgan fingerprint density at radius 3 is 2.62 bits per heavy atom. The monoisotopic (exact) mass is 285 g/mol. The first-order chi connectivity index (χ1) is 10.1. The number of nitrogens with zero attached hydrogens (tertiary/aromatic N) is 1. The molecule has 21 heavy (non-hydrogen) atoms. The van der Waals surface area contributed by atoms with Gasteiger partial charge >= 0.3 is 5.91 Å². The van der Waals surface area contributed by atoms with Gasteiger partial charge in [0.25, 0.3) is 0 Å². The van der Waals surface area contributed by atoms with Crippen molar-refractivity contribution < 1.29 is 14.0 Å². The molecule has 4 heteroatoms. The molecule has 0 aliphatic heterocycles. The molecule has 0 aromatic heterocycles. The van der Waals surface area contributed by atoms with Crippen molar-refractivity contribution in [3.8, 4) is 0 Å². The second kappa shape index (κ2) is 6.81. The number of hydroxylamine groups is 2. The number of allylic oxidation sites excluding steroid dienone is 2. The number of fused-ring (bicyclic) bond motifs is 1. The van der Waals surface area contributed by atoms with Crippen LogP contribution in [0.15, 0.2) is 60.4 Å². The van der Waals surface area contributed by atoms with Gasteiger partial charge in [0.2, 0.25) is 0 Å². The van der Waals surface area contributed by atoms with Gasteiger partial charge in [0.15, 0.2) is 5.83 Å². The summed E-state index contributed by atoms with van der Waals surface area (Å²) in [6, 6.07) is 13.9. The highest BCUT2D eigenvalue weighted by Crippen LogP contribution is 2.16. The minimum atomic E-state index is -0.878. The van der Waals surface area contributed by atoms with E-state index in [9.17, 15) is 9.18 Å². The summed E-state index contributed by atoms with van der Waals surface area (Å²) in [5.74, 6) is -1.70. The lowest BCUT2D eigenvalue weighted by atomic mass is 10.1. The molecule has 2 aromatic rings. The van der Waals surface area contributed by atoms with Crippen LogP contribution in [0.25, 0.3) is 16.8 Å². The Kier molecular flexibility index (Phi) is 4.85. The van der Waals surface area contributed by atoms with Crippen molar-refractivity contribution in [1.82, 2.24) is 5.06 Å². The van der Waals surface area contributed by atoms with Crippen LogP contribution in [0.3, 0.4) is 0 Å². The largest absolute Gasteiger partial charge is 0.305 e. The van der Waals surface area contributed by atoms with E-state index >= 15 is 0 Å². The summed E-state index contributed by atoms with van der Waals surface area (Å²) in [5, 5.41) is 3.09. The van der Waals surface area contributed by atoms with Crippen LogP contribution >= 0.6 is 0 Å². The van der Waals surface area contributed by atoms with Crippen LogP contribution in [0.2, 0.25) is 0 Å². The van der Waals surface area contributed by atoms with Crippen molar-refractivity contribution in [1.29, 1.82) is 0 Å². The van der Waals surface area contributed by atoms with Gasteiger partial charge in [-0.2, -0.15) is 0 Å². The lowest BCUT2D eigenvalue weighted by molar-refractivity contribution is -0.165. The standard InChI is InChI=1S/C17H16FNO2/c1-19(21-2)17(20)16(18)9-5-6-13-10-11-14-7-3-4-8-15(14)12-13/h3-12H,1-2H3/b6-5+,16-9-. The molecule has 3 nitrogen and oxygen atoms in total. The van der Waals surface area contributed by atoms with E-state index in [1.54, 1.807) is 6.08 Å². The fourth-order valence-electron chi connectivity index (χ4n) is 1.86. The van der Waals surface area contributed by atoms with Crippen molar-refractivity contribution in [2.24, 2.45) is 0 Å². The average molecular weight is 285 g/mol. The maximum Gasteiger partial charge on any atom is 0.305 e. The Morgan fingerprint density at radius 2 is 1.90 bits per heavy atom. The van der Waals surface area contributed by atoms with Gasteiger partial charge in [0.05, 0.1) is 7.11 Å². The number of rotatable bonds is 4. The zero-order valence-corrected chi connectivity index (χ0v) is 11.9. The maximum absolute atomic E-state index is 13.5. The molecular formula is C17H16FNO2. The minimum absolute atomic E-state index is 0.819. The number of carbonyl (C=O) groups excluding carboxylic acids is 1. The van der Waals surface area contributed by atoms with E-state index in [2.05, 4.69) is 4.84 Å². The zero-order chi connectivity index (χ0) is 15.2. The maximum atomic E-state index is 13.5. The lowest BCUT2D eigenvalue weighted by Crippen LogP contribution is -2.25. The van der Waals surface area contributed by atoms with Crippen LogP contribution in [-0.2, 0) is 9.63 Å². The van der Waals surface area contributed by atoms with E-state index in [1.807, 2.05) is 42.5 Å². The molecule has 0 bridgehead atoms. The van der Waals surface area contributed by atoms with E-state index in [4.69, 9.17) is 0 Å². The Balaban J connectivity index is 2.14. The molecule has 0 unspecified atom stereocenters. The second-order valence-corrected chi connectivity index (χ2v) is 4.47. The molecule has 0 radical (unpaired) electrons. The van der Waals surface area contributed by atoms with Gasteiger partial charge in [-0.1, -0.05) is 48.6 Å². The van der Waals surface area contributed by atoms with Gasteiger partial charge in [-0.05, 0) is 28.5 Å². The fourth-order valence-corrected chi connectivity index (χ4v) is 1.86. The first-order valence-corrected chi connectivity index (χ1v) is 6.46. The molecule has 108 valence electrons. The van der Waals surface area contributed by atoms with Crippen molar-refractivity contribution >= 4 is 22.8 Å². The van der Waals surface area contributed by atoms with Crippen molar-refractivity contribution in [2.75, 3.05) is 14.2 Å². The predicted molar refractivity (Wildman–Crippen MR) is 82.0 cm³/mol. The number of benzene rings is 2. The topological polar surface area (TPSA) is 29.5 Å². The third-order valence-electron chi connectivity index (χ3n) is 3.07.